The highest BCUT2D eigenvalue weighted by molar-refractivity contribution is 7.80. The van der Waals surface area contributed by atoms with E-state index in [2.05, 4.69) is 18.0 Å². The normalized spacial score (nSPS) is 12.4. The SMILES string of the molecule is CCCCCCCCCCCCCCCCCCC(N)CCCCCCC.COS(=O)(=O)O. The van der Waals surface area contributed by atoms with Crippen molar-refractivity contribution >= 4 is 10.4 Å². The molecular formula is C27H59NO4S. The van der Waals surface area contributed by atoms with Crippen LogP contribution in [0.4, 0.5) is 0 Å². The van der Waals surface area contributed by atoms with Gasteiger partial charge in [0, 0.05) is 6.04 Å². The van der Waals surface area contributed by atoms with Crippen LogP contribution in [0.1, 0.15) is 162 Å². The molecule has 0 fully saturated rings. The zero-order valence-corrected chi connectivity index (χ0v) is 23.3. The molecule has 0 bridgehead atoms. The highest BCUT2D eigenvalue weighted by atomic mass is 32.3. The van der Waals surface area contributed by atoms with E-state index in [-0.39, 0.29) is 0 Å². The molecule has 0 aliphatic heterocycles. The zero-order chi connectivity index (χ0) is 25.0. The van der Waals surface area contributed by atoms with Crippen LogP contribution in [0.15, 0.2) is 0 Å². The topological polar surface area (TPSA) is 89.6 Å². The van der Waals surface area contributed by atoms with Crippen molar-refractivity contribution in [2.75, 3.05) is 7.11 Å². The molecule has 0 radical (unpaired) electrons. The Morgan fingerprint density at radius 3 is 1.00 bits per heavy atom. The first-order valence-electron chi connectivity index (χ1n) is 14.2. The molecule has 6 heteroatoms. The van der Waals surface area contributed by atoms with Crippen molar-refractivity contribution in [1.29, 1.82) is 0 Å². The van der Waals surface area contributed by atoms with E-state index in [1.807, 2.05) is 0 Å². The minimum atomic E-state index is -4.16. The first-order valence-corrected chi connectivity index (χ1v) is 15.5. The molecule has 5 nitrogen and oxygen atoms in total. The summed E-state index contributed by atoms with van der Waals surface area (Å²) in [7, 11) is -3.29. The minimum absolute atomic E-state index is 0.471. The lowest BCUT2D eigenvalue weighted by molar-refractivity contribution is 0.324. The summed E-state index contributed by atoms with van der Waals surface area (Å²) in [6.07, 6.45) is 32.5. The Morgan fingerprint density at radius 2 is 0.788 bits per heavy atom. The van der Waals surface area contributed by atoms with Gasteiger partial charge in [0.1, 0.15) is 0 Å². The van der Waals surface area contributed by atoms with Crippen LogP contribution in [0.5, 0.6) is 0 Å². The molecule has 0 saturated carbocycles. The van der Waals surface area contributed by atoms with Gasteiger partial charge in [-0.2, -0.15) is 8.42 Å². The second kappa shape index (κ2) is 28.1. The van der Waals surface area contributed by atoms with E-state index in [1.165, 1.54) is 148 Å². The van der Waals surface area contributed by atoms with Crippen LogP contribution in [-0.2, 0) is 14.6 Å². The van der Waals surface area contributed by atoms with Crippen LogP contribution in [-0.4, -0.2) is 26.1 Å². The highest BCUT2D eigenvalue weighted by Crippen LogP contribution is 2.15. The Balaban J connectivity index is 0. The summed E-state index contributed by atoms with van der Waals surface area (Å²) in [6.45, 7) is 4.58. The van der Waals surface area contributed by atoms with Gasteiger partial charge in [0.15, 0.2) is 0 Å². The summed E-state index contributed by atoms with van der Waals surface area (Å²) in [5, 5.41) is 0. The lowest BCUT2D eigenvalue weighted by Crippen LogP contribution is -2.19. The maximum Gasteiger partial charge on any atom is 0.397 e. The fraction of sp³-hybridized carbons (Fsp3) is 1.00. The lowest BCUT2D eigenvalue weighted by atomic mass is 10.0. The molecule has 33 heavy (non-hydrogen) atoms. The van der Waals surface area contributed by atoms with Gasteiger partial charge in [0.2, 0.25) is 0 Å². The standard InChI is InChI=1S/C26H55N.CH4O4S/c1-3-5-7-9-10-11-12-13-14-15-16-17-18-19-21-23-25-26(27)24-22-20-8-6-4-2;1-5-6(2,3)4/h26H,3-25,27H2,1-2H3;1H3,(H,2,3,4). The molecule has 202 valence electrons. The van der Waals surface area contributed by atoms with Crippen molar-refractivity contribution in [3.8, 4) is 0 Å². The maximum atomic E-state index is 9.33. The van der Waals surface area contributed by atoms with Gasteiger partial charge in [0.25, 0.3) is 0 Å². The Hall–Kier alpha value is -0.170. The molecule has 0 aromatic heterocycles. The van der Waals surface area contributed by atoms with E-state index in [1.54, 1.807) is 0 Å². The van der Waals surface area contributed by atoms with Gasteiger partial charge >= 0.3 is 10.4 Å². The van der Waals surface area contributed by atoms with E-state index < -0.39 is 10.4 Å². The van der Waals surface area contributed by atoms with Gasteiger partial charge in [-0.1, -0.05) is 149 Å². The van der Waals surface area contributed by atoms with E-state index >= 15 is 0 Å². The summed E-state index contributed by atoms with van der Waals surface area (Å²) in [5.74, 6) is 0. The molecule has 3 N–H and O–H groups in total. The van der Waals surface area contributed by atoms with E-state index in [0.717, 1.165) is 7.11 Å². The van der Waals surface area contributed by atoms with E-state index in [4.69, 9.17) is 10.3 Å². The average Bonchev–Trinajstić information content (AvgIpc) is 2.78. The molecule has 0 aliphatic rings. The molecule has 0 heterocycles. The Bertz CT molecular complexity index is 457. The third-order valence-corrected chi connectivity index (χ3v) is 6.74. The Morgan fingerprint density at radius 1 is 0.576 bits per heavy atom. The molecular weight excluding hydrogens is 434 g/mol. The van der Waals surface area contributed by atoms with E-state index in [9.17, 15) is 8.42 Å². The molecule has 0 amide bonds. The second-order valence-electron chi connectivity index (χ2n) is 9.65. The third kappa shape index (κ3) is 36.6. The molecule has 0 aromatic carbocycles. The molecule has 0 rings (SSSR count). The first kappa shape index (κ1) is 35.0. The van der Waals surface area contributed by atoms with Crippen LogP contribution in [0.2, 0.25) is 0 Å². The largest absolute Gasteiger partial charge is 0.397 e. The highest BCUT2D eigenvalue weighted by Gasteiger charge is 2.02. The van der Waals surface area contributed by atoms with E-state index in [0.29, 0.717) is 6.04 Å². The van der Waals surface area contributed by atoms with Crippen molar-refractivity contribution < 1.29 is 17.2 Å². The summed E-state index contributed by atoms with van der Waals surface area (Å²) < 4.78 is 29.7. The molecule has 0 spiro atoms. The van der Waals surface area contributed by atoms with Crippen LogP contribution in [0.3, 0.4) is 0 Å². The average molecular weight is 494 g/mol. The number of rotatable bonds is 24. The quantitative estimate of drug-likeness (QED) is 0.104. The predicted molar refractivity (Wildman–Crippen MR) is 144 cm³/mol. The van der Waals surface area contributed by atoms with Crippen LogP contribution >= 0.6 is 0 Å². The Labute approximate surface area is 208 Å². The number of hydrogen-bond donors (Lipinski definition) is 2. The zero-order valence-electron chi connectivity index (χ0n) is 22.5. The van der Waals surface area contributed by atoms with Crippen LogP contribution < -0.4 is 5.73 Å². The number of hydrogen-bond acceptors (Lipinski definition) is 4. The second-order valence-corrected chi connectivity index (χ2v) is 10.8. The summed E-state index contributed by atoms with van der Waals surface area (Å²) in [4.78, 5) is 0. The smallest absolute Gasteiger partial charge is 0.328 e. The van der Waals surface area contributed by atoms with Crippen molar-refractivity contribution in [3.63, 3.8) is 0 Å². The lowest BCUT2D eigenvalue weighted by Gasteiger charge is -2.11. The summed E-state index contributed by atoms with van der Waals surface area (Å²) in [6, 6.07) is 0.471. The summed E-state index contributed by atoms with van der Waals surface area (Å²) in [5.41, 5.74) is 6.25. The number of nitrogens with two attached hydrogens (primary N) is 1. The van der Waals surface area contributed by atoms with Crippen molar-refractivity contribution in [2.45, 2.75) is 168 Å². The van der Waals surface area contributed by atoms with Gasteiger partial charge < -0.3 is 5.73 Å². The monoisotopic (exact) mass is 493 g/mol. The van der Waals surface area contributed by atoms with Gasteiger partial charge in [0.05, 0.1) is 7.11 Å². The van der Waals surface area contributed by atoms with Gasteiger partial charge in [-0.15, -0.1) is 0 Å². The van der Waals surface area contributed by atoms with Gasteiger partial charge in [-0.25, -0.2) is 0 Å². The molecule has 0 saturated heterocycles. The van der Waals surface area contributed by atoms with Crippen molar-refractivity contribution in [2.24, 2.45) is 5.73 Å². The first-order chi connectivity index (χ1) is 15.9. The van der Waals surface area contributed by atoms with Crippen LogP contribution in [0, 0.1) is 0 Å². The maximum absolute atomic E-state index is 9.33. The predicted octanol–water partition coefficient (Wildman–Crippen LogP) is 8.76. The van der Waals surface area contributed by atoms with Gasteiger partial charge in [-0.3, -0.25) is 8.74 Å². The fourth-order valence-electron chi connectivity index (χ4n) is 4.11. The van der Waals surface area contributed by atoms with Crippen molar-refractivity contribution in [1.82, 2.24) is 0 Å². The fourth-order valence-corrected chi connectivity index (χ4v) is 4.11. The Kier molecular flexibility index (Phi) is 29.8. The number of unbranched alkanes of at least 4 members (excludes halogenated alkanes) is 19. The molecule has 1 atom stereocenters. The molecule has 0 aliphatic carbocycles. The summed E-state index contributed by atoms with van der Waals surface area (Å²) >= 11 is 0. The molecule has 1 unspecified atom stereocenters. The third-order valence-electron chi connectivity index (χ3n) is 6.32. The molecule has 0 aromatic rings. The van der Waals surface area contributed by atoms with Crippen LogP contribution in [0.25, 0.3) is 0 Å². The van der Waals surface area contributed by atoms with Gasteiger partial charge in [-0.05, 0) is 12.8 Å². The van der Waals surface area contributed by atoms with Crippen molar-refractivity contribution in [3.05, 3.63) is 0 Å². The minimum Gasteiger partial charge on any atom is -0.328 e.